The number of rotatable bonds is 6. The van der Waals surface area contributed by atoms with Gasteiger partial charge in [-0.25, -0.2) is 4.79 Å². The quantitative estimate of drug-likeness (QED) is 0.685. The highest BCUT2D eigenvalue weighted by Crippen LogP contribution is 2.34. The van der Waals surface area contributed by atoms with Crippen LogP contribution in [-0.4, -0.2) is 52.8 Å². The van der Waals surface area contributed by atoms with E-state index in [-0.39, 0.29) is 18.4 Å². The van der Waals surface area contributed by atoms with E-state index in [0.29, 0.717) is 31.2 Å². The van der Waals surface area contributed by atoms with Crippen molar-refractivity contribution in [3.63, 3.8) is 0 Å². The van der Waals surface area contributed by atoms with Gasteiger partial charge in [0, 0.05) is 26.2 Å². The lowest BCUT2D eigenvalue weighted by Crippen LogP contribution is -2.45. The van der Waals surface area contributed by atoms with Crippen molar-refractivity contribution in [2.24, 2.45) is 11.8 Å². The second-order valence-corrected chi connectivity index (χ2v) is 9.80. The molecule has 1 aromatic carbocycles. The monoisotopic (exact) mass is 426 g/mol. The van der Waals surface area contributed by atoms with E-state index in [9.17, 15) is 14.4 Å². The number of nitrogens with one attached hydrogen (secondary N) is 2. The molecular formula is C24H34N4O3. The van der Waals surface area contributed by atoms with E-state index in [0.717, 1.165) is 42.9 Å². The topological polar surface area (TPSA) is 81.8 Å². The van der Waals surface area contributed by atoms with E-state index >= 15 is 0 Å². The Bertz CT molecular complexity index is 839. The maximum absolute atomic E-state index is 12.7. The Labute approximate surface area is 184 Å². The Morgan fingerprint density at radius 1 is 1.10 bits per heavy atom. The number of benzene rings is 1. The molecule has 0 radical (unpaired) electrons. The zero-order valence-corrected chi connectivity index (χ0v) is 18.7. The summed E-state index contributed by atoms with van der Waals surface area (Å²) in [6.07, 6.45) is 4.46. The summed E-state index contributed by atoms with van der Waals surface area (Å²) < 4.78 is 0. The van der Waals surface area contributed by atoms with Crippen molar-refractivity contribution in [1.29, 1.82) is 0 Å². The van der Waals surface area contributed by atoms with Crippen LogP contribution < -0.4 is 10.6 Å². The Balaban J connectivity index is 1.34. The van der Waals surface area contributed by atoms with Crippen molar-refractivity contribution in [3.05, 3.63) is 35.4 Å². The molecule has 7 heteroatoms. The summed E-state index contributed by atoms with van der Waals surface area (Å²) >= 11 is 0. The Morgan fingerprint density at radius 2 is 1.74 bits per heavy atom. The van der Waals surface area contributed by atoms with Gasteiger partial charge in [-0.05, 0) is 42.2 Å². The van der Waals surface area contributed by atoms with Crippen LogP contribution in [0.2, 0.25) is 0 Å². The number of piperidine rings is 1. The van der Waals surface area contributed by atoms with Gasteiger partial charge in [0.05, 0.1) is 0 Å². The lowest BCUT2D eigenvalue weighted by Gasteiger charge is -2.35. The van der Waals surface area contributed by atoms with E-state index in [1.165, 1.54) is 12.0 Å². The zero-order chi connectivity index (χ0) is 22.0. The molecule has 2 N–H and O–H groups in total. The van der Waals surface area contributed by atoms with Gasteiger partial charge in [0.2, 0.25) is 5.91 Å². The summed E-state index contributed by atoms with van der Waals surface area (Å²) in [5.41, 5.74) is 1.52. The number of hydrogen-bond acceptors (Lipinski definition) is 4. The predicted molar refractivity (Wildman–Crippen MR) is 118 cm³/mol. The summed E-state index contributed by atoms with van der Waals surface area (Å²) in [5, 5.41) is 5.73. The van der Waals surface area contributed by atoms with Gasteiger partial charge in [-0.3, -0.25) is 19.4 Å². The number of amides is 4. The molecule has 1 aliphatic carbocycles. The fraction of sp³-hybridized carbons (Fsp3) is 0.625. The van der Waals surface area contributed by atoms with Gasteiger partial charge in [-0.15, -0.1) is 0 Å². The third kappa shape index (κ3) is 4.76. The lowest BCUT2D eigenvalue weighted by atomic mass is 9.91. The molecule has 3 aliphatic rings. The highest BCUT2D eigenvalue weighted by atomic mass is 16.2. The van der Waals surface area contributed by atoms with Crippen LogP contribution in [0.25, 0.3) is 0 Å². The van der Waals surface area contributed by atoms with Gasteiger partial charge < -0.3 is 10.6 Å². The second kappa shape index (κ2) is 8.99. The lowest BCUT2D eigenvalue weighted by molar-refractivity contribution is -0.134. The second-order valence-electron chi connectivity index (χ2n) is 9.80. The van der Waals surface area contributed by atoms with Crippen LogP contribution in [0.3, 0.4) is 0 Å². The van der Waals surface area contributed by atoms with Gasteiger partial charge >= 0.3 is 6.03 Å². The standard InChI is InChI=1S/C24H34N4O3/c1-17-11-18(2)14-27(13-17)15-20-8-4-3-7-19(20)12-25-21(29)16-28-22(30)24(26-23(28)31)9-5-6-10-24/h3-4,7-8,17-18H,5-6,9-16H2,1-2H3,(H,25,29)(H,26,31). The number of imide groups is 1. The molecule has 2 atom stereocenters. The Kier molecular flexibility index (Phi) is 6.32. The first-order valence-electron chi connectivity index (χ1n) is 11.6. The van der Waals surface area contributed by atoms with Crippen LogP contribution >= 0.6 is 0 Å². The number of carbonyl (C=O) groups is 3. The SMILES string of the molecule is CC1CC(C)CN(Cc2ccccc2CNC(=O)CN2C(=O)NC3(CCCC3)C2=O)C1. The Morgan fingerprint density at radius 3 is 2.42 bits per heavy atom. The third-order valence-corrected chi connectivity index (χ3v) is 6.94. The minimum Gasteiger partial charge on any atom is -0.350 e. The average molecular weight is 427 g/mol. The minimum absolute atomic E-state index is 0.226. The fourth-order valence-electron chi connectivity index (χ4n) is 5.58. The van der Waals surface area contributed by atoms with Crippen LogP contribution in [0.15, 0.2) is 24.3 Å². The summed E-state index contributed by atoms with van der Waals surface area (Å²) in [6, 6.07) is 7.72. The maximum atomic E-state index is 12.7. The van der Waals surface area contributed by atoms with E-state index < -0.39 is 11.6 Å². The van der Waals surface area contributed by atoms with Crippen molar-refractivity contribution >= 4 is 17.8 Å². The van der Waals surface area contributed by atoms with E-state index in [1.807, 2.05) is 18.2 Å². The van der Waals surface area contributed by atoms with Gasteiger partial charge in [0.25, 0.3) is 5.91 Å². The number of likely N-dealkylation sites (tertiary alicyclic amines) is 1. The van der Waals surface area contributed by atoms with Crippen molar-refractivity contribution < 1.29 is 14.4 Å². The van der Waals surface area contributed by atoms with Crippen molar-refractivity contribution in [1.82, 2.24) is 20.4 Å². The van der Waals surface area contributed by atoms with E-state index in [1.54, 1.807) is 0 Å². The molecule has 4 rings (SSSR count). The molecule has 1 saturated carbocycles. The van der Waals surface area contributed by atoms with Crippen molar-refractivity contribution in [3.8, 4) is 0 Å². The average Bonchev–Trinajstić information content (AvgIpc) is 3.27. The molecule has 2 aliphatic heterocycles. The third-order valence-electron chi connectivity index (χ3n) is 6.94. The van der Waals surface area contributed by atoms with Crippen LogP contribution in [0.1, 0.15) is 57.1 Å². The molecule has 3 fully saturated rings. The first-order valence-corrected chi connectivity index (χ1v) is 11.6. The van der Waals surface area contributed by atoms with E-state index in [4.69, 9.17) is 0 Å². The van der Waals surface area contributed by atoms with Crippen molar-refractivity contribution in [2.75, 3.05) is 19.6 Å². The number of urea groups is 1. The number of hydrogen-bond donors (Lipinski definition) is 2. The van der Waals surface area contributed by atoms with Gasteiger partial charge in [-0.1, -0.05) is 51.0 Å². The summed E-state index contributed by atoms with van der Waals surface area (Å²) in [7, 11) is 0. The van der Waals surface area contributed by atoms with Gasteiger partial charge in [0.15, 0.2) is 0 Å². The largest absolute Gasteiger partial charge is 0.350 e. The smallest absolute Gasteiger partial charge is 0.325 e. The molecule has 4 amide bonds. The van der Waals surface area contributed by atoms with Crippen LogP contribution in [0, 0.1) is 11.8 Å². The minimum atomic E-state index is -0.771. The van der Waals surface area contributed by atoms with Crippen LogP contribution in [-0.2, 0) is 22.7 Å². The normalized spacial score (nSPS) is 25.8. The van der Waals surface area contributed by atoms with Crippen LogP contribution in [0.5, 0.6) is 0 Å². The molecule has 2 saturated heterocycles. The van der Waals surface area contributed by atoms with Gasteiger partial charge in [-0.2, -0.15) is 0 Å². The molecule has 0 bridgehead atoms. The van der Waals surface area contributed by atoms with Crippen LogP contribution in [0.4, 0.5) is 4.79 Å². The summed E-state index contributed by atoms with van der Waals surface area (Å²) in [4.78, 5) is 41.2. The molecular weight excluding hydrogens is 392 g/mol. The zero-order valence-electron chi connectivity index (χ0n) is 18.7. The first kappa shape index (κ1) is 21.8. The predicted octanol–water partition coefficient (Wildman–Crippen LogP) is 2.65. The molecule has 7 nitrogen and oxygen atoms in total. The van der Waals surface area contributed by atoms with E-state index in [2.05, 4.69) is 35.4 Å². The number of nitrogens with zero attached hydrogens (tertiary/aromatic N) is 2. The molecule has 1 spiro atoms. The summed E-state index contributed by atoms with van der Waals surface area (Å²) in [5.74, 6) is 0.832. The molecule has 2 unspecified atom stereocenters. The van der Waals surface area contributed by atoms with Gasteiger partial charge in [0.1, 0.15) is 12.1 Å². The highest BCUT2D eigenvalue weighted by Gasteiger charge is 2.52. The highest BCUT2D eigenvalue weighted by molar-refractivity contribution is 6.09. The maximum Gasteiger partial charge on any atom is 0.325 e. The first-order chi connectivity index (χ1) is 14.9. The molecule has 0 aromatic heterocycles. The molecule has 31 heavy (non-hydrogen) atoms. The van der Waals surface area contributed by atoms with Crippen molar-refractivity contribution in [2.45, 2.75) is 64.6 Å². The number of carbonyl (C=O) groups excluding carboxylic acids is 3. The summed E-state index contributed by atoms with van der Waals surface area (Å²) in [6.45, 7) is 7.84. The Hall–Kier alpha value is -2.41. The fourth-order valence-corrected chi connectivity index (χ4v) is 5.58. The molecule has 1 aromatic rings. The molecule has 168 valence electrons. The molecule has 2 heterocycles.